The van der Waals surface area contributed by atoms with E-state index in [4.69, 9.17) is 4.74 Å². The molecule has 0 saturated carbocycles. The zero-order chi connectivity index (χ0) is 24.0. The fraction of sp³-hybridized carbons (Fsp3) is 0.261. The summed E-state index contributed by atoms with van der Waals surface area (Å²) in [5.74, 6) is -0.400. The number of aryl methyl sites for hydroxylation is 1. The second-order valence-corrected chi connectivity index (χ2v) is 8.23. The van der Waals surface area contributed by atoms with E-state index in [0.717, 1.165) is 5.56 Å². The summed E-state index contributed by atoms with van der Waals surface area (Å²) in [6, 6.07) is 13.6. The number of anilines is 1. The van der Waals surface area contributed by atoms with Crippen molar-refractivity contribution in [2.45, 2.75) is 25.0 Å². The van der Waals surface area contributed by atoms with Gasteiger partial charge >= 0.3 is 5.97 Å². The number of hydrogen-bond donors (Lipinski definition) is 2. The maximum atomic E-state index is 12.6. The standard InChI is InChI=1S/C23H25N5O4S/c1-14-9-5-6-10-16(14)21(30)24-15(2)20-26-27-23(28(20)3)33-13-19(29)25-18-12-8-7-11-17(18)22(31)32-4/h5-12,15H,13H2,1-4H3,(H,24,30)(H,25,29). The number of benzene rings is 2. The van der Waals surface area contributed by atoms with Gasteiger partial charge in [0.1, 0.15) is 0 Å². The van der Waals surface area contributed by atoms with Crippen LogP contribution in [0, 0.1) is 6.92 Å². The Bertz CT molecular complexity index is 1180. The van der Waals surface area contributed by atoms with E-state index < -0.39 is 5.97 Å². The molecular weight excluding hydrogens is 442 g/mol. The number of carbonyl (C=O) groups excluding carboxylic acids is 3. The van der Waals surface area contributed by atoms with Crippen molar-refractivity contribution < 1.29 is 19.1 Å². The Labute approximate surface area is 195 Å². The number of rotatable bonds is 8. The third kappa shape index (κ3) is 5.78. The fourth-order valence-corrected chi connectivity index (χ4v) is 3.91. The molecule has 1 aromatic heterocycles. The van der Waals surface area contributed by atoms with Crippen LogP contribution in [0.15, 0.2) is 53.7 Å². The predicted octanol–water partition coefficient (Wildman–Crippen LogP) is 3.13. The number of carbonyl (C=O) groups is 3. The molecule has 3 rings (SSSR count). The van der Waals surface area contributed by atoms with Crippen molar-refractivity contribution in [2.75, 3.05) is 18.2 Å². The number of methoxy groups -OCH3 is 1. The van der Waals surface area contributed by atoms with Gasteiger partial charge in [0.15, 0.2) is 11.0 Å². The monoisotopic (exact) mass is 467 g/mol. The average molecular weight is 468 g/mol. The molecule has 0 radical (unpaired) electrons. The lowest BCUT2D eigenvalue weighted by molar-refractivity contribution is -0.113. The van der Waals surface area contributed by atoms with Crippen molar-refractivity contribution in [3.8, 4) is 0 Å². The molecule has 1 atom stereocenters. The molecule has 0 aliphatic heterocycles. The molecule has 172 valence electrons. The number of nitrogens with zero attached hydrogens (tertiary/aromatic N) is 3. The summed E-state index contributed by atoms with van der Waals surface area (Å²) < 4.78 is 6.48. The van der Waals surface area contributed by atoms with Gasteiger partial charge in [-0.1, -0.05) is 42.1 Å². The van der Waals surface area contributed by atoms with Gasteiger partial charge in [0, 0.05) is 12.6 Å². The Morgan fingerprint density at radius 2 is 1.73 bits per heavy atom. The molecule has 3 aromatic rings. The van der Waals surface area contributed by atoms with Crippen LogP contribution in [-0.4, -0.2) is 45.4 Å². The van der Waals surface area contributed by atoms with Crippen molar-refractivity contribution >= 4 is 35.2 Å². The highest BCUT2D eigenvalue weighted by molar-refractivity contribution is 7.99. The molecule has 1 heterocycles. The van der Waals surface area contributed by atoms with E-state index in [0.29, 0.717) is 22.2 Å². The Morgan fingerprint density at radius 3 is 2.42 bits per heavy atom. The van der Waals surface area contributed by atoms with Gasteiger partial charge in [-0.05, 0) is 37.6 Å². The SMILES string of the molecule is COC(=O)c1ccccc1NC(=O)CSc1nnc(C(C)NC(=O)c2ccccc2C)n1C. The number of aromatic nitrogens is 3. The zero-order valence-electron chi connectivity index (χ0n) is 18.8. The number of esters is 1. The molecule has 0 aliphatic carbocycles. The highest BCUT2D eigenvalue weighted by Crippen LogP contribution is 2.21. The molecule has 2 N–H and O–H groups in total. The predicted molar refractivity (Wildman–Crippen MR) is 125 cm³/mol. The van der Waals surface area contributed by atoms with Crippen LogP contribution in [0.2, 0.25) is 0 Å². The molecule has 0 fully saturated rings. The highest BCUT2D eigenvalue weighted by atomic mass is 32.2. The third-order valence-electron chi connectivity index (χ3n) is 4.93. The van der Waals surface area contributed by atoms with Gasteiger partial charge in [0.2, 0.25) is 5.91 Å². The van der Waals surface area contributed by atoms with Gasteiger partial charge in [0.05, 0.1) is 30.2 Å². The van der Waals surface area contributed by atoms with Crippen molar-refractivity contribution in [3.63, 3.8) is 0 Å². The normalized spacial score (nSPS) is 11.5. The molecular formula is C23H25N5O4S. The van der Waals surface area contributed by atoms with Crippen LogP contribution in [0.5, 0.6) is 0 Å². The minimum atomic E-state index is -0.529. The van der Waals surface area contributed by atoms with E-state index in [2.05, 4.69) is 20.8 Å². The maximum Gasteiger partial charge on any atom is 0.339 e. The summed E-state index contributed by atoms with van der Waals surface area (Å²) in [6.07, 6.45) is 0. The Balaban J connectivity index is 1.61. The summed E-state index contributed by atoms with van der Waals surface area (Å²) in [4.78, 5) is 36.9. The smallest absolute Gasteiger partial charge is 0.339 e. The van der Waals surface area contributed by atoms with Gasteiger partial charge < -0.3 is 19.9 Å². The largest absolute Gasteiger partial charge is 0.465 e. The molecule has 0 spiro atoms. The molecule has 0 aliphatic rings. The lowest BCUT2D eigenvalue weighted by Gasteiger charge is -2.14. The number of thioether (sulfide) groups is 1. The molecule has 10 heteroatoms. The van der Waals surface area contributed by atoms with Crippen molar-refractivity contribution in [1.82, 2.24) is 20.1 Å². The molecule has 33 heavy (non-hydrogen) atoms. The van der Waals surface area contributed by atoms with Crippen molar-refractivity contribution in [1.29, 1.82) is 0 Å². The quantitative estimate of drug-likeness (QED) is 0.386. The zero-order valence-corrected chi connectivity index (χ0v) is 19.6. The van der Waals surface area contributed by atoms with Crippen molar-refractivity contribution in [3.05, 3.63) is 71.0 Å². The first-order chi connectivity index (χ1) is 15.8. The van der Waals surface area contributed by atoms with Crippen LogP contribution in [0.1, 0.15) is 45.1 Å². The van der Waals surface area contributed by atoms with Crippen LogP contribution < -0.4 is 10.6 Å². The number of ether oxygens (including phenoxy) is 1. The average Bonchev–Trinajstić information content (AvgIpc) is 3.18. The molecule has 1 unspecified atom stereocenters. The van der Waals surface area contributed by atoms with E-state index >= 15 is 0 Å². The molecule has 9 nitrogen and oxygen atoms in total. The van der Waals surface area contributed by atoms with E-state index in [1.54, 1.807) is 41.9 Å². The van der Waals surface area contributed by atoms with Crippen LogP contribution in [0.25, 0.3) is 0 Å². The van der Waals surface area contributed by atoms with Gasteiger partial charge in [-0.25, -0.2) is 4.79 Å². The molecule has 0 saturated heterocycles. The minimum absolute atomic E-state index is 0.0609. The minimum Gasteiger partial charge on any atom is -0.465 e. The Morgan fingerprint density at radius 1 is 1.06 bits per heavy atom. The number of para-hydroxylation sites is 1. The molecule has 0 bridgehead atoms. The number of hydrogen-bond acceptors (Lipinski definition) is 7. The Hall–Kier alpha value is -3.66. The topological polar surface area (TPSA) is 115 Å². The van der Waals surface area contributed by atoms with E-state index in [9.17, 15) is 14.4 Å². The van der Waals surface area contributed by atoms with Gasteiger partial charge in [-0.15, -0.1) is 10.2 Å². The molecule has 2 aromatic carbocycles. The first-order valence-corrected chi connectivity index (χ1v) is 11.2. The maximum absolute atomic E-state index is 12.6. The first kappa shape index (κ1) is 24.0. The van der Waals surface area contributed by atoms with Crippen molar-refractivity contribution in [2.24, 2.45) is 7.05 Å². The Kier molecular flexibility index (Phi) is 7.83. The lowest BCUT2D eigenvalue weighted by atomic mass is 10.1. The number of nitrogens with one attached hydrogen (secondary N) is 2. The second-order valence-electron chi connectivity index (χ2n) is 7.28. The van der Waals surface area contributed by atoms with E-state index in [1.807, 2.05) is 32.0 Å². The summed E-state index contributed by atoms with van der Waals surface area (Å²) in [5.41, 5.74) is 2.14. The lowest BCUT2D eigenvalue weighted by Crippen LogP contribution is -2.29. The van der Waals surface area contributed by atoms with Gasteiger partial charge in [0.25, 0.3) is 5.91 Å². The summed E-state index contributed by atoms with van der Waals surface area (Å²) in [6.45, 7) is 3.70. The fourth-order valence-electron chi connectivity index (χ4n) is 3.19. The summed E-state index contributed by atoms with van der Waals surface area (Å²) in [5, 5.41) is 14.5. The van der Waals surface area contributed by atoms with Crippen LogP contribution in [-0.2, 0) is 16.6 Å². The third-order valence-corrected chi connectivity index (χ3v) is 5.95. The van der Waals surface area contributed by atoms with Crippen LogP contribution >= 0.6 is 11.8 Å². The highest BCUT2D eigenvalue weighted by Gasteiger charge is 2.20. The second kappa shape index (κ2) is 10.8. The summed E-state index contributed by atoms with van der Waals surface area (Å²) >= 11 is 1.20. The van der Waals surface area contributed by atoms with Gasteiger partial charge in [-0.2, -0.15) is 0 Å². The summed E-state index contributed by atoms with van der Waals surface area (Å²) in [7, 11) is 3.06. The van der Waals surface area contributed by atoms with E-state index in [-0.39, 0.29) is 29.2 Å². The molecule has 2 amide bonds. The number of amides is 2. The van der Waals surface area contributed by atoms with Crippen LogP contribution in [0.3, 0.4) is 0 Å². The van der Waals surface area contributed by atoms with Crippen LogP contribution in [0.4, 0.5) is 5.69 Å². The first-order valence-electron chi connectivity index (χ1n) is 10.2. The van der Waals surface area contributed by atoms with E-state index in [1.165, 1.54) is 18.9 Å². The van der Waals surface area contributed by atoms with Gasteiger partial charge in [-0.3, -0.25) is 9.59 Å².